The molecule has 0 bridgehead atoms. The number of amides is 3. The van der Waals surface area contributed by atoms with Gasteiger partial charge in [0.05, 0.1) is 11.4 Å². The predicted octanol–water partition coefficient (Wildman–Crippen LogP) is 2.30. The molecule has 140 valence electrons. The van der Waals surface area contributed by atoms with E-state index in [4.69, 9.17) is 17.3 Å². The van der Waals surface area contributed by atoms with Gasteiger partial charge < -0.3 is 16.0 Å². The Morgan fingerprint density at radius 1 is 1.30 bits per heavy atom. The van der Waals surface area contributed by atoms with Gasteiger partial charge in [0.25, 0.3) is 11.8 Å². The van der Waals surface area contributed by atoms with Gasteiger partial charge in [-0.15, -0.1) is 11.8 Å². The van der Waals surface area contributed by atoms with Crippen LogP contribution in [0.4, 0.5) is 5.69 Å². The Morgan fingerprint density at radius 2 is 2.07 bits per heavy atom. The first-order valence-corrected chi connectivity index (χ1v) is 9.62. The van der Waals surface area contributed by atoms with E-state index < -0.39 is 17.9 Å². The second-order valence-corrected chi connectivity index (χ2v) is 7.41. The van der Waals surface area contributed by atoms with Crippen LogP contribution < -0.4 is 11.1 Å². The number of pyridine rings is 1. The average molecular weight is 405 g/mol. The summed E-state index contributed by atoms with van der Waals surface area (Å²) in [6.45, 7) is 1.93. The van der Waals surface area contributed by atoms with Crippen molar-refractivity contribution in [3.05, 3.63) is 58.4 Å². The predicted molar refractivity (Wildman–Crippen MR) is 105 cm³/mol. The number of benzene rings is 1. The number of primary amides is 1. The van der Waals surface area contributed by atoms with E-state index in [1.54, 1.807) is 6.07 Å². The molecule has 3 N–H and O–H groups in total. The molecule has 1 aromatic carbocycles. The van der Waals surface area contributed by atoms with Crippen LogP contribution in [0.15, 0.2) is 36.4 Å². The van der Waals surface area contributed by atoms with Gasteiger partial charge in [0.2, 0.25) is 5.91 Å². The van der Waals surface area contributed by atoms with Crippen LogP contribution in [-0.2, 0) is 4.79 Å². The van der Waals surface area contributed by atoms with Crippen LogP contribution in [0.1, 0.15) is 26.4 Å². The highest BCUT2D eigenvalue weighted by Crippen LogP contribution is 2.25. The summed E-state index contributed by atoms with van der Waals surface area (Å²) in [4.78, 5) is 42.1. The fourth-order valence-electron chi connectivity index (χ4n) is 2.69. The first kappa shape index (κ1) is 19.2. The van der Waals surface area contributed by atoms with Gasteiger partial charge in [0.15, 0.2) is 0 Å². The van der Waals surface area contributed by atoms with Crippen LogP contribution in [0.5, 0.6) is 0 Å². The number of carbonyl (C=O) groups excluding carboxylic acids is 3. The Bertz CT molecular complexity index is 921. The van der Waals surface area contributed by atoms with Gasteiger partial charge in [-0.3, -0.25) is 14.4 Å². The normalized spacial score (nSPS) is 16.2. The second kappa shape index (κ2) is 7.98. The summed E-state index contributed by atoms with van der Waals surface area (Å²) >= 11 is 7.41. The van der Waals surface area contributed by atoms with Crippen LogP contribution >= 0.6 is 23.4 Å². The highest BCUT2D eigenvalue weighted by Gasteiger charge is 2.36. The first-order valence-electron chi connectivity index (χ1n) is 8.09. The lowest BCUT2D eigenvalue weighted by Gasteiger charge is -2.23. The standard InChI is InChI=1S/C18H17ClN4O3S/c1-10-3-2-4-11(7-10)21-17(25)14-8-27-9-23(14)18(26)13-6-5-12(16(20)24)15(19)22-13/h2-7,14H,8-9H2,1H3,(H2,20,24)(H,21,25)/t14-/m1/s1. The Kier molecular flexibility index (Phi) is 5.67. The van der Waals surface area contributed by atoms with E-state index in [0.29, 0.717) is 17.3 Å². The van der Waals surface area contributed by atoms with Crippen LogP contribution in [0, 0.1) is 6.92 Å². The Labute approximate surface area is 165 Å². The van der Waals surface area contributed by atoms with Crippen molar-refractivity contribution >= 4 is 46.8 Å². The zero-order valence-electron chi connectivity index (χ0n) is 14.4. The van der Waals surface area contributed by atoms with Crippen molar-refractivity contribution in [3.8, 4) is 0 Å². The monoisotopic (exact) mass is 404 g/mol. The second-order valence-electron chi connectivity index (χ2n) is 6.05. The molecule has 2 heterocycles. The summed E-state index contributed by atoms with van der Waals surface area (Å²) in [5.74, 6) is -0.572. The number of nitrogens with one attached hydrogen (secondary N) is 1. The molecule has 1 aliphatic heterocycles. The summed E-state index contributed by atoms with van der Waals surface area (Å²) in [5.41, 5.74) is 6.99. The molecule has 0 unspecified atom stereocenters. The number of aryl methyl sites for hydroxylation is 1. The summed E-state index contributed by atoms with van der Waals surface area (Å²) in [7, 11) is 0. The summed E-state index contributed by atoms with van der Waals surface area (Å²) in [6.07, 6.45) is 0. The molecular weight excluding hydrogens is 388 g/mol. The highest BCUT2D eigenvalue weighted by atomic mass is 35.5. The van der Waals surface area contributed by atoms with Crippen molar-refractivity contribution in [2.75, 3.05) is 16.9 Å². The average Bonchev–Trinajstić information content (AvgIpc) is 3.10. The molecule has 0 spiro atoms. The molecule has 1 aromatic heterocycles. The highest BCUT2D eigenvalue weighted by molar-refractivity contribution is 7.99. The van der Waals surface area contributed by atoms with Gasteiger partial charge in [-0.2, -0.15) is 0 Å². The Balaban J connectivity index is 1.77. The van der Waals surface area contributed by atoms with E-state index in [2.05, 4.69) is 10.3 Å². The van der Waals surface area contributed by atoms with Gasteiger partial charge in [-0.05, 0) is 36.8 Å². The number of thioether (sulfide) groups is 1. The molecule has 3 amide bonds. The van der Waals surface area contributed by atoms with Gasteiger partial charge in [0, 0.05) is 11.4 Å². The molecule has 1 fully saturated rings. The first-order chi connectivity index (χ1) is 12.9. The SMILES string of the molecule is Cc1cccc(NC(=O)[C@H]2CSCN2C(=O)c2ccc(C(N)=O)c(Cl)n2)c1. The van der Waals surface area contributed by atoms with E-state index in [0.717, 1.165) is 5.56 Å². The summed E-state index contributed by atoms with van der Waals surface area (Å²) in [6, 6.07) is 9.55. The number of nitrogens with two attached hydrogens (primary N) is 1. The fraction of sp³-hybridized carbons (Fsp3) is 0.222. The third-order valence-electron chi connectivity index (χ3n) is 4.06. The maximum absolute atomic E-state index is 12.8. The third-order valence-corrected chi connectivity index (χ3v) is 5.37. The molecule has 27 heavy (non-hydrogen) atoms. The molecule has 3 rings (SSSR count). The number of aromatic nitrogens is 1. The van der Waals surface area contributed by atoms with Gasteiger partial charge in [0.1, 0.15) is 16.9 Å². The molecule has 0 radical (unpaired) electrons. The van der Waals surface area contributed by atoms with E-state index in [9.17, 15) is 14.4 Å². The minimum atomic E-state index is -0.723. The minimum absolute atomic E-state index is 0.0396. The van der Waals surface area contributed by atoms with Gasteiger partial charge in [-0.1, -0.05) is 23.7 Å². The number of halogens is 1. The van der Waals surface area contributed by atoms with Gasteiger partial charge in [-0.25, -0.2) is 4.98 Å². The van der Waals surface area contributed by atoms with Crippen molar-refractivity contribution in [3.63, 3.8) is 0 Å². The zero-order chi connectivity index (χ0) is 19.6. The Hall–Kier alpha value is -2.58. The third kappa shape index (κ3) is 4.23. The number of rotatable bonds is 4. The van der Waals surface area contributed by atoms with Crippen molar-refractivity contribution in [1.82, 2.24) is 9.88 Å². The Morgan fingerprint density at radius 3 is 2.74 bits per heavy atom. The fourth-order valence-corrected chi connectivity index (χ4v) is 4.09. The molecule has 9 heteroatoms. The number of carbonyl (C=O) groups is 3. The van der Waals surface area contributed by atoms with Crippen LogP contribution in [0.2, 0.25) is 5.15 Å². The van der Waals surface area contributed by atoms with Crippen molar-refractivity contribution in [2.45, 2.75) is 13.0 Å². The quantitative estimate of drug-likeness (QED) is 0.760. The molecule has 1 aliphatic rings. The summed E-state index contributed by atoms with van der Waals surface area (Å²) in [5, 5.41) is 2.70. The lowest BCUT2D eigenvalue weighted by molar-refractivity contribution is -0.119. The molecule has 7 nitrogen and oxygen atoms in total. The maximum atomic E-state index is 12.8. The van der Waals surface area contributed by atoms with E-state index >= 15 is 0 Å². The van der Waals surface area contributed by atoms with E-state index in [-0.39, 0.29) is 22.3 Å². The topological polar surface area (TPSA) is 105 Å². The molecule has 2 aromatic rings. The van der Waals surface area contributed by atoms with E-state index in [1.165, 1.54) is 28.8 Å². The molecule has 0 aliphatic carbocycles. The van der Waals surface area contributed by atoms with Crippen LogP contribution in [0.3, 0.4) is 0 Å². The van der Waals surface area contributed by atoms with Crippen molar-refractivity contribution in [1.29, 1.82) is 0 Å². The minimum Gasteiger partial charge on any atom is -0.366 e. The van der Waals surface area contributed by atoms with E-state index in [1.807, 2.05) is 25.1 Å². The van der Waals surface area contributed by atoms with Crippen molar-refractivity contribution in [2.24, 2.45) is 5.73 Å². The number of hydrogen-bond donors (Lipinski definition) is 2. The molecular formula is C18H17ClN4O3S. The summed E-state index contributed by atoms with van der Waals surface area (Å²) < 4.78 is 0. The van der Waals surface area contributed by atoms with Crippen LogP contribution in [0.25, 0.3) is 0 Å². The lowest BCUT2D eigenvalue weighted by atomic mass is 10.2. The number of hydrogen-bond acceptors (Lipinski definition) is 5. The number of anilines is 1. The largest absolute Gasteiger partial charge is 0.366 e. The molecule has 1 atom stereocenters. The van der Waals surface area contributed by atoms with Crippen molar-refractivity contribution < 1.29 is 14.4 Å². The molecule has 0 saturated carbocycles. The number of nitrogens with zero attached hydrogens (tertiary/aromatic N) is 2. The zero-order valence-corrected chi connectivity index (χ0v) is 16.0. The smallest absolute Gasteiger partial charge is 0.273 e. The van der Waals surface area contributed by atoms with Crippen LogP contribution in [-0.4, -0.2) is 45.3 Å². The molecule has 1 saturated heterocycles. The maximum Gasteiger partial charge on any atom is 0.273 e. The van der Waals surface area contributed by atoms with Gasteiger partial charge >= 0.3 is 0 Å². The lowest BCUT2D eigenvalue weighted by Crippen LogP contribution is -2.44.